The minimum atomic E-state index is -0.199. The van der Waals surface area contributed by atoms with Crippen LogP contribution in [0.3, 0.4) is 0 Å². The van der Waals surface area contributed by atoms with Crippen molar-refractivity contribution in [3.63, 3.8) is 0 Å². The highest BCUT2D eigenvalue weighted by molar-refractivity contribution is 5.90. The molecule has 1 aromatic carbocycles. The molecular weight excluding hydrogens is 302 g/mol. The van der Waals surface area contributed by atoms with E-state index in [9.17, 15) is 4.79 Å². The number of para-hydroxylation sites is 1. The number of nitrogens with one attached hydrogen (secondary N) is 2. The van der Waals surface area contributed by atoms with Crippen molar-refractivity contribution in [3.8, 4) is 0 Å². The fraction of sp³-hybridized carbons (Fsp3) is 0.444. The number of nitrogens with two attached hydrogens (primary N) is 1. The normalized spacial score (nSPS) is 22.4. The summed E-state index contributed by atoms with van der Waals surface area (Å²) in [6.07, 6.45) is 1.57. The number of rotatable bonds is 1. The van der Waals surface area contributed by atoms with Crippen LogP contribution in [0.1, 0.15) is 46.4 Å². The number of hydrogen-bond donors (Lipinski definition) is 3. The third kappa shape index (κ3) is 2.29. The Hall–Kier alpha value is -2.34. The fourth-order valence-corrected chi connectivity index (χ4v) is 3.82. The molecule has 2 aliphatic rings. The molecule has 2 unspecified atom stereocenters. The first-order valence-corrected chi connectivity index (χ1v) is 8.53. The van der Waals surface area contributed by atoms with Crippen molar-refractivity contribution in [2.75, 3.05) is 17.6 Å². The largest absolute Gasteiger partial charge is 0.385 e. The van der Waals surface area contributed by atoms with E-state index in [4.69, 9.17) is 5.73 Å². The molecule has 0 amide bonds. The van der Waals surface area contributed by atoms with E-state index in [-0.39, 0.29) is 11.8 Å². The predicted octanol–water partition coefficient (Wildman–Crippen LogP) is 2.05. The second kappa shape index (κ2) is 5.63. The number of aromatic nitrogens is 2. The maximum Gasteiger partial charge on any atom is 0.256 e. The maximum absolute atomic E-state index is 13.2. The molecule has 1 aromatic heterocycles. The van der Waals surface area contributed by atoms with E-state index >= 15 is 0 Å². The van der Waals surface area contributed by atoms with E-state index in [1.165, 1.54) is 4.68 Å². The third-order valence-electron chi connectivity index (χ3n) is 5.16. The lowest BCUT2D eigenvalue weighted by atomic mass is 9.88. The Morgan fingerprint density at radius 3 is 3.08 bits per heavy atom. The van der Waals surface area contributed by atoms with Gasteiger partial charge in [0.1, 0.15) is 5.82 Å². The van der Waals surface area contributed by atoms with Gasteiger partial charge in [-0.25, -0.2) is 0 Å². The van der Waals surface area contributed by atoms with Crippen LogP contribution in [0.4, 0.5) is 11.5 Å². The van der Waals surface area contributed by atoms with Crippen LogP contribution < -0.4 is 16.4 Å². The molecule has 0 spiro atoms. The summed E-state index contributed by atoms with van der Waals surface area (Å²) in [5.41, 5.74) is 11.5. The number of anilines is 2. The summed E-state index contributed by atoms with van der Waals surface area (Å²) in [4.78, 5) is 13.2. The van der Waals surface area contributed by atoms with E-state index in [0.717, 1.165) is 47.5 Å². The number of aryl methyl sites for hydroxylation is 1. The van der Waals surface area contributed by atoms with Crippen molar-refractivity contribution in [2.45, 2.75) is 45.2 Å². The number of fused-ring (bicyclic) bond motifs is 2. The average Bonchev–Trinajstić information content (AvgIpc) is 2.91. The molecule has 4 N–H and O–H groups in total. The summed E-state index contributed by atoms with van der Waals surface area (Å²) in [6, 6.07) is 6.45. The van der Waals surface area contributed by atoms with Gasteiger partial charge in [0.25, 0.3) is 5.91 Å². The molecule has 2 aliphatic heterocycles. The molecule has 0 fully saturated rings. The Balaban J connectivity index is 1.73. The van der Waals surface area contributed by atoms with Crippen LogP contribution >= 0.6 is 0 Å². The number of benzene rings is 1. The summed E-state index contributed by atoms with van der Waals surface area (Å²) < 4.78 is 1.44. The Morgan fingerprint density at radius 2 is 2.25 bits per heavy atom. The van der Waals surface area contributed by atoms with Crippen molar-refractivity contribution in [1.29, 1.82) is 0 Å². The highest BCUT2D eigenvalue weighted by Crippen LogP contribution is 2.35. The van der Waals surface area contributed by atoms with Crippen LogP contribution in [0.2, 0.25) is 0 Å². The van der Waals surface area contributed by atoms with E-state index in [1.807, 2.05) is 12.1 Å². The van der Waals surface area contributed by atoms with Gasteiger partial charge in [-0.1, -0.05) is 18.2 Å². The lowest BCUT2D eigenvalue weighted by Gasteiger charge is -2.27. The minimum absolute atomic E-state index is 0.0251. The molecule has 24 heavy (non-hydrogen) atoms. The number of nitrogen functional groups attached to an aromatic ring is 1. The van der Waals surface area contributed by atoms with Crippen LogP contribution in [-0.2, 0) is 13.0 Å². The van der Waals surface area contributed by atoms with Gasteiger partial charge in [-0.15, -0.1) is 0 Å². The van der Waals surface area contributed by atoms with Crippen LogP contribution in [0.25, 0.3) is 0 Å². The molecule has 0 saturated carbocycles. The molecule has 4 rings (SSSR count). The highest BCUT2D eigenvalue weighted by Gasteiger charge is 2.32. The predicted molar refractivity (Wildman–Crippen MR) is 94.3 cm³/mol. The summed E-state index contributed by atoms with van der Waals surface area (Å²) in [5.74, 6) is 0.286. The lowest BCUT2D eigenvalue weighted by Crippen LogP contribution is -2.32. The van der Waals surface area contributed by atoms with Gasteiger partial charge < -0.3 is 16.4 Å². The summed E-state index contributed by atoms with van der Waals surface area (Å²) >= 11 is 0. The molecule has 2 atom stereocenters. The van der Waals surface area contributed by atoms with Crippen LogP contribution in [-0.4, -0.2) is 28.3 Å². The zero-order valence-electron chi connectivity index (χ0n) is 14.1. The third-order valence-corrected chi connectivity index (χ3v) is 5.16. The quantitative estimate of drug-likeness (QED) is 0.747. The molecular formula is C18H23N5O. The van der Waals surface area contributed by atoms with Crippen molar-refractivity contribution in [3.05, 3.63) is 40.6 Å². The fourth-order valence-electron chi connectivity index (χ4n) is 3.82. The van der Waals surface area contributed by atoms with Gasteiger partial charge in [-0.05, 0) is 37.8 Å². The number of nitrogens with zero attached hydrogens (tertiary/aromatic N) is 2. The van der Waals surface area contributed by atoms with Crippen molar-refractivity contribution in [1.82, 2.24) is 15.1 Å². The first-order valence-electron chi connectivity index (χ1n) is 8.53. The Bertz CT molecular complexity index is 810. The molecule has 6 heteroatoms. The first kappa shape index (κ1) is 15.2. The topological polar surface area (TPSA) is 85.0 Å². The average molecular weight is 325 g/mol. The van der Waals surface area contributed by atoms with Gasteiger partial charge in [0, 0.05) is 30.4 Å². The Morgan fingerprint density at radius 1 is 1.42 bits per heavy atom. The van der Waals surface area contributed by atoms with Gasteiger partial charge >= 0.3 is 0 Å². The molecule has 0 radical (unpaired) electrons. The van der Waals surface area contributed by atoms with Crippen molar-refractivity contribution in [2.24, 2.45) is 0 Å². The van der Waals surface area contributed by atoms with Crippen molar-refractivity contribution >= 4 is 17.4 Å². The maximum atomic E-state index is 13.2. The Labute approximate surface area is 141 Å². The van der Waals surface area contributed by atoms with Gasteiger partial charge in [-0.2, -0.15) is 9.78 Å². The van der Waals surface area contributed by atoms with Gasteiger partial charge in [0.2, 0.25) is 0 Å². The van der Waals surface area contributed by atoms with Crippen molar-refractivity contribution < 1.29 is 4.79 Å². The van der Waals surface area contributed by atoms with E-state index in [2.05, 4.69) is 35.6 Å². The molecule has 0 aliphatic carbocycles. The summed E-state index contributed by atoms with van der Waals surface area (Å²) in [7, 11) is 0. The second-order valence-electron chi connectivity index (χ2n) is 6.85. The van der Waals surface area contributed by atoms with E-state index < -0.39 is 0 Å². The zero-order valence-corrected chi connectivity index (χ0v) is 14.1. The highest BCUT2D eigenvalue weighted by atomic mass is 16.2. The molecule has 0 bridgehead atoms. The Kier molecular flexibility index (Phi) is 3.57. The molecule has 6 nitrogen and oxygen atoms in total. The SMILES string of the molecule is Cc1cccc2c1NCCC2C(=O)n1nc2c(c1N)CC(C)NC2. The van der Waals surface area contributed by atoms with Gasteiger partial charge in [0.05, 0.1) is 11.6 Å². The summed E-state index contributed by atoms with van der Waals surface area (Å²) in [5, 5.41) is 11.3. The number of carbonyl (C=O) groups is 1. The van der Waals surface area contributed by atoms with Crippen LogP contribution in [0, 0.1) is 6.92 Å². The second-order valence-corrected chi connectivity index (χ2v) is 6.85. The van der Waals surface area contributed by atoms with Gasteiger partial charge in [-0.3, -0.25) is 4.79 Å². The molecule has 126 valence electrons. The van der Waals surface area contributed by atoms with E-state index in [0.29, 0.717) is 18.4 Å². The van der Waals surface area contributed by atoms with E-state index in [1.54, 1.807) is 0 Å². The minimum Gasteiger partial charge on any atom is -0.385 e. The zero-order chi connectivity index (χ0) is 16.8. The number of hydrogen-bond acceptors (Lipinski definition) is 5. The monoisotopic (exact) mass is 325 g/mol. The molecule has 0 saturated heterocycles. The van der Waals surface area contributed by atoms with Gasteiger partial charge in [0.15, 0.2) is 0 Å². The molecule has 2 aromatic rings. The van der Waals surface area contributed by atoms with Crippen LogP contribution in [0.5, 0.6) is 0 Å². The number of carbonyl (C=O) groups excluding carboxylic acids is 1. The van der Waals surface area contributed by atoms with Crippen LogP contribution in [0.15, 0.2) is 18.2 Å². The molecule has 3 heterocycles. The smallest absolute Gasteiger partial charge is 0.256 e. The summed E-state index contributed by atoms with van der Waals surface area (Å²) in [6.45, 7) is 5.64. The standard InChI is InChI=1S/C18H23N5O/c1-10-4-3-5-12-13(6-7-20-16(10)12)18(24)23-17(19)14-8-11(2)21-9-15(14)22-23/h3-5,11,13,20-21H,6-9,19H2,1-2H3. The first-order chi connectivity index (χ1) is 11.6. The lowest BCUT2D eigenvalue weighted by molar-refractivity contribution is 0.0859.